The van der Waals surface area contributed by atoms with Gasteiger partial charge in [-0.3, -0.25) is 19.3 Å². The predicted molar refractivity (Wildman–Crippen MR) is 129 cm³/mol. The molecule has 2 atom stereocenters. The van der Waals surface area contributed by atoms with Gasteiger partial charge in [-0.2, -0.15) is 0 Å². The molecule has 2 aromatic heterocycles. The Morgan fingerprint density at radius 3 is 2.86 bits per heavy atom. The Kier molecular flexibility index (Phi) is 7.62. The lowest BCUT2D eigenvalue weighted by molar-refractivity contribution is -0.689. The summed E-state index contributed by atoms with van der Waals surface area (Å²) < 4.78 is 1.82. The number of thioether (sulfide) groups is 1. The van der Waals surface area contributed by atoms with Gasteiger partial charge in [-0.05, 0) is 0 Å². The summed E-state index contributed by atoms with van der Waals surface area (Å²) in [6.45, 7) is 0.108. The molecule has 4 heterocycles. The van der Waals surface area contributed by atoms with Crippen molar-refractivity contribution in [2.45, 2.75) is 18.0 Å². The zero-order valence-corrected chi connectivity index (χ0v) is 20.1. The normalized spacial score (nSPS) is 19.0. The van der Waals surface area contributed by atoms with Crippen molar-refractivity contribution in [3.63, 3.8) is 0 Å². The van der Waals surface area contributed by atoms with Crippen LogP contribution in [0.3, 0.4) is 0 Å². The predicted octanol–water partition coefficient (Wildman–Crippen LogP) is -0.208. The second kappa shape index (κ2) is 11.0. The Labute approximate surface area is 213 Å². The van der Waals surface area contributed by atoms with Crippen LogP contribution in [0.4, 0.5) is 5.13 Å². The van der Waals surface area contributed by atoms with Crippen molar-refractivity contribution in [2.75, 3.05) is 17.7 Å². The molecule has 4 rings (SSSR count). The number of carbonyl (C=O) groups is 4. The number of fused-ring (bicyclic) bond motifs is 1. The Hall–Kier alpha value is -4.22. The summed E-state index contributed by atoms with van der Waals surface area (Å²) >= 11 is 2.41. The molecule has 1 saturated heterocycles. The molecule has 184 valence electrons. The van der Waals surface area contributed by atoms with E-state index in [4.69, 9.17) is 11.3 Å². The monoisotopic (exact) mass is 527 g/mol. The number of carboxylic acids is 1. The number of terminal acetylenes is 1. The van der Waals surface area contributed by atoms with E-state index >= 15 is 0 Å². The van der Waals surface area contributed by atoms with Crippen molar-refractivity contribution in [2.24, 2.45) is 5.16 Å². The highest BCUT2D eigenvalue weighted by molar-refractivity contribution is 8.00. The number of nitrogens with one attached hydrogen (secondary N) is 2. The molecule has 0 spiro atoms. The maximum Gasteiger partial charge on any atom is 0.352 e. The lowest BCUT2D eigenvalue weighted by Crippen LogP contribution is -2.71. The molecule has 0 bridgehead atoms. The minimum absolute atomic E-state index is 0.0825. The average molecular weight is 528 g/mol. The SMILES string of the molecule is C#CCO/N=C(/C(=O)NC1C(=O)N2C(C(=O)O)=C(C[n+]3ccccc3)CS[C@H]12)c1csc(NC=O)n1. The fraction of sp³-hybridized carbons (Fsp3) is 0.227. The fourth-order valence-electron chi connectivity index (χ4n) is 3.61. The molecule has 1 fully saturated rings. The van der Waals surface area contributed by atoms with Crippen LogP contribution in [0.5, 0.6) is 0 Å². The van der Waals surface area contributed by atoms with Crippen molar-refractivity contribution in [1.82, 2.24) is 15.2 Å². The first-order valence-corrected chi connectivity index (χ1v) is 12.3. The van der Waals surface area contributed by atoms with Crippen LogP contribution in [-0.2, 0) is 30.6 Å². The second-order valence-corrected chi connectivity index (χ2v) is 9.35. The van der Waals surface area contributed by atoms with Crippen LogP contribution in [0.25, 0.3) is 0 Å². The van der Waals surface area contributed by atoms with E-state index in [0.29, 0.717) is 24.3 Å². The van der Waals surface area contributed by atoms with Crippen LogP contribution in [0.1, 0.15) is 5.69 Å². The van der Waals surface area contributed by atoms with Crippen LogP contribution < -0.4 is 15.2 Å². The maximum atomic E-state index is 13.0. The number of hydrogen-bond acceptors (Lipinski definition) is 9. The van der Waals surface area contributed by atoms with Crippen molar-refractivity contribution in [3.05, 3.63) is 52.9 Å². The molecule has 0 radical (unpaired) electrons. The van der Waals surface area contributed by atoms with Crippen molar-refractivity contribution < 1.29 is 33.7 Å². The number of amides is 3. The number of anilines is 1. The van der Waals surface area contributed by atoms with Gasteiger partial charge in [0.25, 0.3) is 11.8 Å². The molecule has 2 aromatic rings. The number of hydrogen-bond donors (Lipinski definition) is 3. The Bertz CT molecular complexity index is 1300. The summed E-state index contributed by atoms with van der Waals surface area (Å²) in [5.74, 6) is 0.0481. The van der Waals surface area contributed by atoms with Crippen LogP contribution in [-0.4, -0.2) is 68.7 Å². The third-order valence-electron chi connectivity index (χ3n) is 5.14. The largest absolute Gasteiger partial charge is 0.477 e. The van der Waals surface area contributed by atoms with E-state index in [1.165, 1.54) is 22.0 Å². The van der Waals surface area contributed by atoms with E-state index in [1.807, 2.05) is 35.2 Å². The molecule has 2 aliphatic heterocycles. The van der Waals surface area contributed by atoms with Crippen molar-refractivity contribution >= 4 is 58.1 Å². The van der Waals surface area contributed by atoms with E-state index in [-0.39, 0.29) is 28.8 Å². The van der Waals surface area contributed by atoms with Gasteiger partial charge in [0, 0.05) is 28.8 Å². The standard InChI is InChI=1S/C22H18N6O6S2/c1-2-8-34-26-15(14-11-36-22(24-14)23-12-29)18(30)25-16-19(31)28-17(21(32)33)13(10-35-20(16)28)9-27-6-4-3-5-7-27/h1,3-7,11-12,16,20H,8-10H2,(H2-,23,24,25,29,30,32,33)/p+1/b26-15+/t16?,20-/m1/s1. The molecule has 0 aliphatic carbocycles. The molecular weight excluding hydrogens is 508 g/mol. The van der Waals surface area contributed by atoms with Crippen LogP contribution >= 0.6 is 23.1 Å². The Morgan fingerprint density at radius 2 is 2.17 bits per heavy atom. The van der Waals surface area contributed by atoms with Gasteiger partial charge in [-0.1, -0.05) is 17.1 Å². The second-order valence-electron chi connectivity index (χ2n) is 7.38. The quantitative estimate of drug-likeness (QED) is 0.0730. The average Bonchev–Trinajstić information content (AvgIpc) is 3.33. The summed E-state index contributed by atoms with van der Waals surface area (Å²) in [5.41, 5.74) is 0.358. The number of aliphatic carboxylic acids is 1. The number of carbonyl (C=O) groups excluding carboxylic acids is 3. The molecule has 0 saturated carbocycles. The van der Waals surface area contributed by atoms with E-state index in [2.05, 4.69) is 26.7 Å². The molecule has 14 heteroatoms. The molecule has 12 nitrogen and oxygen atoms in total. The van der Waals surface area contributed by atoms with Crippen molar-refractivity contribution in [3.8, 4) is 12.3 Å². The highest BCUT2D eigenvalue weighted by atomic mass is 32.2. The number of oxime groups is 1. The van der Waals surface area contributed by atoms with Gasteiger partial charge in [0.15, 0.2) is 36.4 Å². The number of nitrogens with zero attached hydrogens (tertiary/aromatic N) is 4. The first kappa shape index (κ1) is 24.9. The van der Waals surface area contributed by atoms with Gasteiger partial charge in [-0.15, -0.1) is 29.5 Å². The van der Waals surface area contributed by atoms with E-state index in [9.17, 15) is 24.3 Å². The van der Waals surface area contributed by atoms with Gasteiger partial charge in [0.1, 0.15) is 22.8 Å². The highest BCUT2D eigenvalue weighted by Crippen LogP contribution is 2.40. The number of thiazole rings is 1. The highest BCUT2D eigenvalue weighted by Gasteiger charge is 2.54. The zero-order chi connectivity index (χ0) is 25.7. The number of rotatable bonds is 10. The lowest BCUT2D eigenvalue weighted by atomic mass is 10.0. The summed E-state index contributed by atoms with van der Waals surface area (Å²) in [6, 6.07) is 4.52. The molecule has 36 heavy (non-hydrogen) atoms. The van der Waals surface area contributed by atoms with Gasteiger partial charge in [-0.25, -0.2) is 14.3 Å². The van der Waals surface area contributed by atoms with Gasteiger partial charge >= 0.3 is 5.97 Å². The zero-order valence-electron chi connectivity index (χ0n) is 18.5. The van der Waals surface area contributed by atoms with Gasteiger partial charge < -0.3 is 20.6 Å². The Balaban J connectivity index is 1.53. The molecule has 2 aliphatic rings. The van der Waals surface area contributed by atoms with Gasteiger partial charge in [0.2, 0.25) is 6.41 Å². The maximum absolute atomic E-state index is 13.0. The van der Waals surface area contributed by atoms with Crippen LogP contribution in [0.2, 0.25) is 0 Å². The smallest absolute Gasteiger partial charge is 0.352 e. The lowest BCUT2D eigenvalue weighted by Gasteiger charge is -2.49. The topological polar surface area (TPSA) is 154 Å². The molecule has 3 N–H and O–H groups in total. The molecule has 3 amide bonds. The summed E-state index contributed by atoms with van der Waals surface area (Å²) in [4.78, 5) is 59.0. The number of aromatic nitrogens is 2. The Morgan fingerprint density at radius 1 is 1.39 bits per heavy atom. The third-order valence-corrected chi connectivity index (χ3v) is 7.25. The van der Waals surface area contributed by atoms with Gasteiger partial charge in [0.05, 0.1) is 0 Å². The summed E-state index contributed by atoms with van der Waals surface area (Å²) in [5, 5.41) is 19.7. The van der Waals surface area contributed by atoms with E-state index in [0.717, 1.165) is 11.3 Å². The number of pyridine rings is 1. The molecule has 1 unspecified atom stereocenters. The molecular formula is C22H19N6O6S2+. The minimum Gasteiger partial charge on any atom is -0.477 e. The number of carboxylic acid groups (broad SMARTS) is 1. The minimum atomic E-state index is -1.22. The number of β-lactam (4-membered cyclic amide) rings is 1. The molecule has 0 aromatic carbocycles. The third kappa shape index (κ3) is 5.07. The van der Waals surface area contributed by atoms with E-state index in [1.54, 1.807) is 0 Å². The summed E-state index contributed by atoms with van der Waals surface area (Å²) in [7, 11) is 0. The van der Waals surface area contributed by atoms with Crippen LogP contribution in [0, 0.1) is 12.3 Å². The van der Waals surface area contributed by atoms with E-state index < -0.39 is 29.2 Å². The first-order valence-electron chi connectivity index (χ1n) is 10.4. The fourth-order valence-corrected chi connectivity index (χ4v) is 5.60. The summed E-state index contributed by atoms with van der Waals surface area (Å²) in [6.07, 6.45) is 9.21. The van der Waals surface area contributed by atoms with Crippen molar-refractivity contribution in [1.29, 1.82) is 0 Å². The van der Waals surface area contributed by atoms with Crippen LogP contribution in [0.15, 0.2) is 52.4 Å². The first-order chi connectivity index (χ1) is 17.4.